The Balaban J connectivity index is 1.48. The first-order valence-corrected chi connectivity index (χ1v) is 7.45. The number of carbonyl (C=O) groups is 1. The van der Waals surface area contributed by atoms with Crippen molar-refractivity contribution in [1.82, 2.24) is 10.3 Å². The van der Waals surface area contributed by atoms with Crippen LogP contribution >= 0.6 is 11.6 Å². The fourth-order valence-electron chi connectivity index (χ4n) is 2.48. The molecule has 1 aliphatic heterocycles. The van der Waals surface area contributed by atoms with Gasteiger partial charge in [0.15, 0.2) is 0 Å². The van der Waals surface area contributed by atoms with E-state index in [0.29, 0.717) is 11.6 Å². The molecule has 112 valence electrons. The van der Waals surface area contributed by atoms with Crippen molar-refractivity contribution in [2.45, 2.75) is 13.1 Å². The van der Waals surface area contributed by atoms with Crippen LogP contribution in [0, 0.1) is 0 Å². The molecule has 0 spiro atoms. The highest BCUT2D eigenvalue weighted by Crippen LogP contribution is 2.21. The number of amides is 1. The summed E-state index contributed by atoms with van der Waals surface area (Å²) in [5.74, 6) is -0.113. The lowest BCUT2D eigenvalue weighted by Crippen LogP contribution is -2.32. The van der Waals surface area contributed by atoms with E-state index in [1.807, 2.05) is 24.3 Å². The number of nitrogens with one attached hydrogen (secondary N) is 1. The number of hydrogen-bond donors (Lipinski definition) is 1. The second-order valence-electron chi connectivity index (χ2n) is 5.26. The van der Waals surface area contributed by atoms with Crippen molar-refractivity contribution in [3.05, 3.63) is 70.2 Å². The van der Waals surface area contributed by atoms with E-state index < -0.39 is 0 Å². The van der Waals surface area contributed by atoms with E-state index in [9.17, 15) is 4.79 Å². The molecule has 1 N–H and O–H groups in total. The Morgan fingerprint density at radius 1 is 1.14 bits per heavy atom. The number of halogens is 1. The minimum absolute atomic E-state index is 0.113. The van der Waals surface area contributed by atoms with Crippen LogP contribution in [-0.4, -0.2) is 23.6 Å². The summed E-state index contributed by atoms with van der Waals surface area (Å²) in [5, 5.41) is 4.64. The van der Waals surface area contributed by atoms with Gasteiger partial charge in [0, 0.05) is 18.1 Å². The van der Waals surface area contributed by atoms with Crippen molar-refractivity contribution < 1.29 is 4.79 Å². The lowest BCUT2D eigenvalue weighted by Gasteiger charge is -2.12. The number of fused-ring (bicyclic) bond motifs is 1. The SMILES string of the molecule is O=C(CN1Cc2ccccc2C1)N/N=C\c1ccc(Cl)cc1. The maximum absolute atomic E-state index is 11.9. The summed E-state index contributed by atoms with van der Waals surface area (Å²) in [6.07, 6.45) is 1.60. The van der Waals surface area contributed by atoms with Gasteiger partial charge in [-0.2, -0.15) is 5.10 Å². The highest BCUT2D eigenvalue weighted by Gasteiger charge is 2.19. The molecule has 22 heavy (non-hydrogen) atoms. The van der Waals surface area contributed by atoms with Crippen LogP contribution < -0.4 is 5.43 Å². The van der Waals surface area contributed by atoms with Crippen LogP contribution in [0.2, 0.25) is 5.02 Å². The van der Waals surface area contributed by atoms with E-state index in [1.54, 1.807) is 18.3 Å². The van der Waals surface area contributed by atoms with Gasteiger partial charge < -0.3 is 0 Å². The van der Waals surface area contributed by atoms with Crippen LogP contribution in [0.25, 0.3) is 0 Å². The van der Waals surface area contributed by atoms with Crippen molar-refractivity contribution in [2.24, 2.45) is 5.10 Å². The molecule has 1 aliphatic rings. The van der Waals surface area contributed by atoms with Crippen molar-refractivity contribution in [2.75, 3.05) is 6.54 Å². The molecule has 0 aliphatic carbocycles. The largest absolute Gasteiger partial charge is 0.286 e. The zero-order valence-corrected chi connectivity index (χ0v) is 12.8. The van der Waals surface area contributed by atoms with Crippen molar-refractivity contribution >= 4 is 23.7 Å². The van der Waals surface area contributed by atoms with Crippen molar-refractivity contribution in [3.63, 3.8) is 0 Å². The topological polar surface area (TPSA) is 44.7 Å². The van der Waals surface area contributed by atoms with Gasteiger partial charge in [-0.05, 0) is 28.8 Å². The standard InChI is InChI=1S/C17H16ClN3O/c18-16-7-5-13(6-8-16)9-19-20-17(22)12-21-10-14-3-1-2-4-15(14)11-21/h1-9H,10-12H2,(H,20,22)/b19-9-. The number of rotatable bonds is 4. The van der Waals surface area contributed by atoms with E-state index in [1.165, 1.54) is 11.1 Å². The minimum atomic E-state index is -0.113. The van der Waals surface area contributed by atoms with E-state index >= 15 is 0 Å². The Bertz CT molecular complexity index is 672. The summed E-state index contributed by atoms with van der Waals surface area (Å²) >= 11 is 5.81. The van der Waals surface area contributed by atoms with E-state index in [4.69, 9.17) is 11.6 Å². The van der Waals surface area contributed by atoms with Gasteiger partial charge in [-0.25, -0.2) is 5.43 Å². The Labute approximate surface area is 134 Å². The van der Waals surface area contributed by atoms with Gasteiger partial charge in [-0.15, -0.1) is 0 Å². The molecule has 5 heteroatoms. The third-order valence-electron chi connectivity index (χ3n) is 3.55. The normalized spacial score (nSPS) is 14.2. The Hall–Kier alpha value is -2.17. The van der Waals surface area contributed by atoms with Gasteiger partial charge in [-0.1, -0.05) is 48.0 Å². The quantitative estimate of drug-likeness (QED) is 0.697. The molecule has 0 unspecified atom stereocenters. The molecule has 2 aromatic carbocycles. The fourth-order valence-corrected chi connectivity index (χ4v) is 2.61. The molecule has 4 nitrogen and oxygen atoms in total. The highest BCUT2D eigenvalue weighted by molar-refractivity contribution is 6.30. The predicted octanol–water partition coefficient (Wildman–Crippen LogP) is 2.81. The lowest BCUT2D eigenvalue weighted by atomic mass is 10.1. The molecular weight excluding hydrogens is 298 g/mol. The molecule has 0 fully saturated rings. The van der Waals surface area contributed by atoms with Gasteiger partial charge >= 0.3 is 0 Å². The van der Waals surface area contributed by atoms with Crippen LogP contribution in [0.15, 0.2) is 53.6 Å². The highest BCUT2D eigenvalue weighted by atomic mass is 35.5. The maximum Gasteiger partial charge on any atom is 0.254 e. The lowest BCUT2D eigenvalue weighted by molar-refractivity contribution is -0.122. The van der Waals surface area contributed by atoms with Gasteiger partial charge in [0.25, 0.3) is 5.91 Å². The van der Waals surface area contributed by atoms with Crippen LogP contribution in [-0.2, 0) is 17.9 Å². The van der Waals surface area contributed by atoms with Crippen LogP contribution in [0.4, 0.5) is 0 Å². The molecule has 0 radical (unpaired) electrons. The smallest absolute Gasteiger partial charge is 0.254 e. The van der Waals surface area contributed by atoms with Crippen molar-refractivity contribution in [3.8, 4) is 0 Å². The molecule has 0 aromatic heterocycles. The second-order valence-corrected chi connectivity index (χ2v) is 5.70. The zero-order chi connectivity index (χ0) is 15.4. The summed E-state index contributed by atoms with van der Waals surface area (Å²) in [6.45, 7) is 1.96. The van der Waals surface area contributed by atoms with E-state index in [-0.39, 0.29) is 5.91 Å². The Kier molecular flexibility index (Phi) is 4.51. The summed E-state index contributed by atoms with van der Waals surface area (Å²) in [6, 6.07) is 15.5. The molecule has 1 amide bonds. The fraction of sp³-hybridized carbons (Fsp3) is 0.176. The number of hydrogen-bond acceptors (Lipinski definition) is 3. The van der Waals surface area contributed by atoms with Gasteiger partial charge in [0.2, 0.25) is 0 Å². The minimum Gasteiger partial charge on any atom is -0.286 e. The molecular formula is C17H16ClN3O. The maximum atomic E-state index is 11.9. The average Bonchev–Trinajstić information content (AvgIpc) is 2.91. The number of carbonyl (C=O) groups excluding carboxylic acids is 1. The van der Waals surface area contributed by atoms with Gasteiger partial charge in [0.1, 0.15) is 0 Å². The third-order valence-corrected chi connectivity index (χ3v) is 3.80. The zero-order valence-electron chi connectivity index (χ0n) is 12.0. The molecule has 3 rings (SSSR count). The second kappa shape index (κ2) is 6.73. The summed E-state index contributed by atoms with van der Waals surface area (Å²) in [7, 11) is 0. The molecule has 0 saturated carbocycles. The molecule has 0 saturated heterocycles. The average molecular weight is 314 g/mol. The van der Waals surface area contributed by atoms with E-state index in [2.05, 4.69) is 27.6 Å². The van der Waals surface area contributed by atoms with Crippen LogP contribution in [0.3, 0.4) is 0 Å². The summed E-state index contributed by atoms with van der Waals surface area (Å²) in [5.41, 5.74) is 6.03. The van der Waals surface area contributed by atoms with E-state index in [0.717, 1.165) is 18.7 Å². The molecule has 1 heterocycles. The first kappa shape index (κ1) is 14.8. The van der Waals surface area contributed by atoms with Crippen LogP contribution in [0.1, 0.15) is 16.7 Å². The summed E-state index contributed by atoms with van der Waals surface area (Å²) in [4.78, 5) is 14.0. The number of nitrogens with zero attached hydrogens (tertiary/aromatic N) is 2. The van der Waals surface area contributed by atoms with Gasteiger partial charge in [0.05, 0.1) is 12.8 Å². The Morgan fingerprint density at radius 2 is 1.77 bits per heavy atom. The monoisotopic (exact) mass is 313 g/mol. The first-order valence-electron chi connectivity index (χ1n) is 7.07. The number of benzene rings is 2. The predicted molar refractivity (Wildman–Crippen MR) is 87.7 cm³/mol. The number of hydrazone groups is 1. The van der Waals surface area contributed by atoms with Gasteiger partial charge in [-0.3, -0.25) is 9.69 Å². The Morgan fingerprint density at radius 3 is 2.41 bits per heavy atom. The third kappa shape index (κ3) is 3.72. The van der Waals surface area contributed by atoms with Crippen molar-refractivity contribution in [1.29, 1.82) is 0 Å². The molecule has 0 atom stereocenters. The first-order chi connectivity index (χ1) is 10.7. The molecule has 0 bridgehead atoms. The van der Waals surface area contributed by atoms with Crippen LogP contribution in [0.5, 0.6) is 0 Å². The summed E-state index contributed by atoms with van der Waals surface area (Å²) < 4.78 is 0. The molecule has 2 aromatic rings.